The van der Waals surface area contributed by atoms with E-state index in [9.17, 15) is 14.4 Å². The van der Waals surface area contributed by atoms with E-state index in [0.717, 1.165) is 6.42 Å². The molecule has 3 rings (SSSR count). The lowest BCUT2D eigenvalue weighted by molar-refractivity contribution is -0.127. The summed E-state index contributed by atoms with van der Waals surface area (Å²) in [5.41, 5.74) is 0.790. The molecule has 0 saturated heterocycles. The van der Waals surface area contributed by atoms with Gasteiger partial charge in [0.05, 0.1) is 5.69 Å². The van der Waals surface area contributed by atoms with Crippen molar-refractivity contribution >= 4 is 23.3 Å². The number of rotatable bonds is 9. The number of benzene rings is 2. The average Bonchev–Trinajstić information content (AvgIpc) is 2.77. The summed E-state index contributed by atoms with van der Waals surface area (Å²) in [5, 5.41) is 2.88. The third-order valence-electron chi connectivity index (χ3n) is 5.06. The van der Waals surface area contributed by atoms with Crippen LogP contribution in [0.15, 0.2) is 48.5 Å². The topological polar surface area (TPSA) is 84.9 Å². The van der Waals surface area contributed by atoms with Gasteiger partial charge in [-0.1, -0.05) is 32.0 Å². The van der Waals surface area contributed by atoms with Crippen molar-refractivity contribution < 1.29 is 23.9 Å². The zero-order valence-corrected chi connectivity index (χ0v) is 18.1. The van der Waals surface area contributed by atoms with Crippen LogP contribution >= 0.6 is 0 Å². The number of nitrogens with one attached hydrogen (secondary N) is 1. The number of anilines is 1. The van der Waals surface area contributed by atoms with Gasteiger partial charge < -0.3 is 14.8 Å². The van der Waals surface area contributed by atoms with Gasteiger partial charge in [-0.3, -0.25) is 19.3 Å². The number of carbonyl (C=O) groups excluding carboxylic acids is 3. The van der Waals surface area contributed by atoms with E-state index >= 15 is 0 Å². The Balaban J connectivity index is 1.75. The van der Waals surface area contributed by atoms with Gasteiger partial charge in [0, 0.05) is 12.1 Å². The van der Waals surface area contributed by atoms with Crippen molar-refractivity contribution in [3.05, 3.63) is 54.1 Å². The van der Waals surface area contributed by atoms with E-state index in [1.165, 1.54) is 4.90 Å². The van der Waals surface area contributed by atoms with Crippen molar-refractivity contribution in [1.82, 2.24) is 5.32 Å². The number of hydrogen-bond acceptors (Lipinski definition) is 5. The summed E-state index contributed by atoms with van der Waals surface area (Å²) < 4.78 is 11.0. The number of Topliss-reactive ketones (excluding diaryl/α,β-unsaturated/α-hetero) is 1. The molecule has 0 spiro atoms. The lowest BCUT2D eigenvalue weighted by Crippen LogP contribution is -2.51. The normalized spacial score (nSPS) is 13.9. The smallest absolute Gasteiger partial charge is 0.265 e. The molecular weight excluding hydrogens is 396 g/mol. The van der Waals surface area contributed by atoms with Crippen molar-refractivity contribution in [2.75, 3.05) is 24.7 Å². The van der Waals surface area contributed by atoms with Crippen LogP contribution in [-0.2, 0) is 9.59 Å². The molecule has 0 fully saturated rings. The van der Waals surface area contributed by atoms with Crippen LogP contribution in [0.5, 0.6) is 11.5 Å². The van der Waals surface area contributed by atoms with Gasteiger partial charge in [0.15, 0.2) is 19.0 Å². The highest BCUT2D eigenvalue weighted by Crippen LogP contribution is 2.34. The van der Waals surface area contributed by atoms with Crippen LogP contribution in [0.3, 0.4) is 0 Å². The molecule has 1 aliphatic heterocycles. The van der Waals surface area contributed by atoms with Crippen LogP contribution in [0.1, 0.15) is 37.6 Å². The lowest BCUT2D eigenvalue weighted by Gasteiger charge is -2.33. The molecule has 0 radical (unpaired) electrons. The molecule has 2 aromatic rings. The molecular formula is C24H28N2O5. The second-order valence-corrected chi connectivity index (χ2v) is 7.91. The van der Waals surface area contributed by atoms with Gasteiger partial charge in [-0.25, -0.2) is 0 Å². The second kappa shape index (κ2) is 10.1. The Morgan fingerprint density at radius 1 is 1.13 bits per heavy atom. The lowest BCUT2D eigenvalue weighted by atomic mass is 10.1. The molecule has 31 heavy (non-hydrogen) atoms. The Morgan fingerprint density at radius 2 is 1.87 bits per heavy atom. The molecule has 1 heterocycles. The molecule has 1 atom stereocenters. The zero-order chi connectivity index (χ0) is 22.4. The molecule has 0 bridgehead atoms. The molecule has 1 N–H and O–H groups in total. The van der Waals surface area contributed by atoms with Crippen molar-refractivity contribution in [3.8, 4) is 11.5 Å². The summed E-state index contributed by atoms with van der Waals surface area (Å²) in [6.07, 6.45) is 0.853. The van der Waals surface area contributed by atoms with Crippen LogP contribution in [0.4, 0.5) is 5.69 Å². The molecule has 2 amide bonds. The third kappa shape index (κ3) is 5.63. The standard InChI is InChI=1S/C24H28N2O5/c1-16(2)11-12-25-24(29)17(3)26-20-13-18(9-10-22(20)31-15-23(26)28)21(27)14-30-19-7-5-4-6-8-19/h4-10,13,16-17H,11-12,14-15H2,1-3H3,(H,25,29). The van der Waals surface area contributed by atoms with E-state index in [0.29, 0.717) is 35.2 Å². The van der Waals surface area contributed by atoms with Gasteiger partial charge in [-0.05, 0) is 49.6 Å². The first-order valence-electron chi connectivity index (χ1n) is 10.4. The predicted octanol–water partition coefficient (Wildman–Crippen LogP) is 3.22. The van der Waals surface area contributed by atoms with Crippen molar-refractivity contribution in [1.29, 1.82) is 0 Å². The summed E-state index contributed by atoms with van der Waals surface area (Å²) in [5.74, 6) is 0.712. The fraction of sp³-hybridized carbons (Fsp3) is 0.375. The number of carbonyl (C=O) groups is 3. The first kappa shape index (κ1) is 22.3. The molecule has 2 aromatic carbocycles. The number of amides is 2. The Kier molecular flexibility index (Phi) is 7.28. The van der Waals surface area contributed by atoms with Crippen LogP contribution in [0, 0.1) is 5.92 Å². The summed E-state index contributed by atoms with van der Waals surface area (Å²) >= 11 is 0. The van der Waals surface area contributed by atoms with Crippen LogP contribution in [0.25, 0.3) is 0 Å². The number of para-hydroxylation sites is 1. The van der Waals surface area contributed by atoms with E-state index in [1.807, 2.05) is 18.2 Å². The Morgan fingerprint density at radius 3 is 2.58 bits per heavy atom. The average molecular weight is 424 g/mol. The molecule has 0 aliphatic carbocycles. The summed E-state index contributed by atoms with van der Waals surface area (Å²) in [6, 6.07) is 13.2. The predicted molar refractivity (Wildman–Crippen MR) is 118 cm³/mol. The number of ketones is 1. The molecule has 164 valence electrons. The fourth-order valence-electron chi connectivity index (χ4n) is 3.27. The quantitative estimate of drug-likeness (QED) is 0.625. The van der Waals surface area contributed by atoms with Crippen LogP contribution in [0.2, 0.25) is 0 Å². The summed E-state index contributed by atoms with van der Waals surface area (Å²) in [6.45, 7) is 6.09. The first-order chi connectivity index (χ1) is 14.9. The molecule has 0 aromatic heterocycles. The Hall–Kier alpha value is -3.35. The van der Waals surface area contributed by atoms with Crippen molar-refractivity contribution in [3.63, 3.8) is 0 Å². The minimum atomic E-state index is -0.728. The Labute approximate surface area is 182 Å². The highest BCUT2D eigenvalue weighted by Gasteiger charge is 2.33. The second-order valence-electron chi connectivity index (χ2n) is 7.91. The number of nitrogens with zero attached hydrogens (tertiary/aromatic N) is 1. The molecule has 0 saturated carbocycles. The highest BCUT2D eigenvalue weighted by atomic mass is 16.5. The van der Waals surface area contributed by atoms with Crippen LogP contribution in [-0.4, -0.2) is 43.4 Å². The molecule has 1 aliphatic rings. The third-order valence-corrected chi connectivity index (χ3v) is 5.06. The minimum Gasteiger partial charge on any atom is -0.485 e. The first-order valence-corrected chi connectivity index (χ1v) is 10.4. The fourth-order valence-corrected chi connectivity index (χ4v) is 3.27. The van der Waals surface area contributed by atoms with E-state index < -0.39 is 6.04 Å². The zero-order valence-electron chi connectivity index (χ0n) is 18.1. The number of hydrogen-bond donors (Lipinski definition) is 1. The van der Waals surface area contributed by atoms with Gasteiger partial charge in [0.25, 0.3) is 5.91 Å². The number of ether oxygens (including phenoxy) is 2. The van der Waals surface area contributed by atoms with Gasteiger partial charge in [-0.2, -0.15) is 0 Å². The monoisotopic (exact) mass is 424 g/mol. The molecule has 7 nitrogen and oxygen atoms in total. The van der Waals surface area contributed by atoms with Crippen LogP contribution < -0.4 is 19.7 Å². The van der Waals surface area contributed by atoms with Crippen molar-refractivity contribution in [2.24, 2.45) is 5.92 Å². The van der Waals surface area contributed by atoms with Gasteiger partial charge in [-0.15, -0.1) is 0 Å². The summed E-state index contributed by atoms with van der Waals surface area (Å²) in [4.78, 5) is 39.3. The maximum atomic E-state index is 12.7. The Bertz CT molecular complexity index is 942. The van der Waals surface area contributed by atoms with Gasteiger partial charge in [0.2, 0.25) is 5.91 Å². The SMILES string of the molecule is CC(C)CCNC(=O)C(C)N1C(=O)COc2ccc(C(=O)COc3ccccc3)cc21. The maximum absolute atomic E-state index is 12.7. The van der Waals surface area contributed by atoms with E-state index in [2.05, 4.69) is 19.2 Å². The number of fused-ring (bicyclic) bond motifs is 1. The van der Waals surface area contributed by atoms with E-state index in [4.69, 9.17) is 9.47 Å². The summed E-state index contributed by atoms with van der Waals surface area (Å²) in [7, 11) is 0. The largest absolute Gasteiger partial charge is 0.485 e. The maximum Gasteiger partial charge on any atom is 0.265 e. The molecule has 7 heteroatoms. The van der Waals surface area contributed by atoms with Gasteiger partial charge in [0.1, 0.15) is 17.5 Å². The molecule has 1 unspecified atom stereocenters. The van der Waals surface area contributed by atoms with Gasteiger partial charge >= 0.3 is 0 Å². The van der Waals surface area contributed by atoms with E-state index in [1.54, 1.807) is 37.3 Å². The van der Waals surface area contributed by atoms with E-state index in [-0.39, 0.29) is 30.8 Å². The minimum absolute atomic E-state index is 0.136. The van der Waals surface area contributed by atoms with Crippen molar-refractivity contribution in [2.45, 2.75) is 33.2 Å². The highest BCUT2D eigenvalue weighted by molar-refractivity contribution is 6.05.